The molecule has 0 saturated heterocycles. The van der Waals surface area contributed by atoms with E-state index in [9.17, 15) is 4.79 Å². The monoisotopic (exact) mass is 409 g/mol. The lowest BCUT2D eigenvalue weighted by Gasteiger charge is -2.27. The van der Waals surface area contributed by atoms with Crippen LogP contribution in [0.5, 0.6) is 11.5 Å². The van der Waals surface area contributed by atoms with Gasteiger partial charge in [-0.2, -0.15) is 0 Å². The van der Waals surface area contributed by atoms with Crippen molar-refractivity contribution in [3.8, 4) is 11.5 Å². The molecular weight excluding hydrogens is 386 g/mol. The molecule has 0 bridgehead atoms. The quantitative estimate of drug-likeness (QED) is 0.644. The predicted molar refractivity (Wildman–Crippen MR) is 113 cm³/mol. The van der Waals surface area contributed by atoms with Gasteiger partial charge in [0.1, 0.15) is 11.5 Å². The minimum atomic E-state index is -0.236. The molecule has 3 aromatic rings. The highest BCUT2D eigenvalue weighted by molar-refractivity contribution is 7.13. The smallest absolute Gasteiger partial charge is 0.264 e. The molecule has 1 amide bonds. The number of carbonyl (C=O) groups excluding carboxylic acids is 1. The van der Waals surface area contributed by atoms with E-state index in [2.05, 4.69) is 39.5 Å². The third-order valence-corrected chi connectivity index (χ3v) is 5.61. The minimum absolute atomic E-state index is 0.0784. The molecule has 29 heavy (non-hydrogen) atoms. The van der Waals surface area contributed by atoms with Crippen molar-refractivity contribution in [3.63, 3.8) is 0 Å². The summed E-state index contributed by atoms with van der Waals surface area (Å²) < 4.78 is 10.7. The highest BCUT2D eigenvalue weighted by atomic mass is 32.1. The van der Waals surface area contributed by atoms with Crippen molar-refractivity contribution in [2.45, 2.75) is 19.5 Å². The second-order valence-electron chi connectivity index (χ2n) is 6.89. The van der Waals surface area contributed by atoms with Gasteiger partial charge in [-0.05, 0) is 29.7 Å². The van der Waals surface area contributed by atoms with Gasteiger partial charge in [-0.3, -0.25) is 15.0 Å². The maximum Gasteiger partial charge on any atom is 0.264 e. The van der Waals surface area contributed by atoms with Gasteiger partial charge in [0.2, 0.25) is 0 Å². The summed E-state index contributed by atoms with van der Waals surface area (Å²) in [5, 5.41) is 5.40. The van der Waals surface area contributed by atoms with Crippen LogP contribution in [0, 0.1) is 0 Å². The van der Waals surface area contributed by atoms with Crippen LogP contribution >= 0.6 is 11.3 Å². The number of hydrogen-bond donors (Lipinski definition) is 1. The zero-order valence-electron chi connectivity index (χ0n) is 16.3. The maximum absolute atomic E-state index is 12.2. The first-order chi connectivity index (χ1) is 14.2. The predicted octanol–water partition coefficient (Wildman–Crippen LogP) is 3.73. The number of ether oxygens (including phenoxy) is 2. The molecule has 1 aliphatic heterocycles. The number of hydrogen-bond acceptors (Lipinski definition) is 6. The lowest BCUT2D eigenvalue weighted by atomic mass is 10.00. The Labute approximate surface area is 174 Å². The van der Waals surface area contributed by atoms with Gasteiger partial charge in [-0.15, -0.1) is 11.3 Å². The first-order valence-electron chi connectivity index (χ1n) is 9.50. The van der Waals surface area contributed by atoms with Gasteiger partial charge in [-0.25, -0.2) is 4.98 Å². The van der Waals surface area contributed by atoms with E-state index in [1.807, 2.05) is 17.5 Å². The molecule has 6 nitrogen and oxygen atoms in total. The number of amides is 1. The Hall–Kier alpha value is -2.90. The number of fused-ring (bicyclic) bond motifs is 1. The van der Waals surface area contributed by atoms with Gasteiger partial charge in [0, 0.05) is 31.1 Å². The molecule has 1 aromatic heterocycles. The Kier molecular flexibility index (Phi) is 6.07. The van der Waals surface area contributed by atoms with Gasteiger partial charge < -0.3 is 9.47 Å². The zero-order chi connectivity index (χ0) is 20.1. The molecule has 0 fully saturated rings. The van der Waals surface area contributed by atoms with Gasteiger partial charge in [-0.1, -0.05) is 30.3 Å². The van der Waals surface area contributed by atoms with Crippen LogP contribution in [0.4, 0.5) is 5.13 Å². The molecule has 1 N–H and O–H groups in total. The number of benzene rings is 2. The average molecular weight is 410 g/mol. The highest BCUT2D eigenvalue weighted by Gasteiger charge is 2.17. The van der Waals surface area contributed by atoms with E-state index in [1.54, 1.807) is 19.2 Å². The molecule has 7 heteroatoms. The molecule has 2 heterocycles. The number of methoxy groups -OCH3 is 1. The topological polar surface area (TPSA) is 63.7 Å². The number of rotatable bonds is 7. The summed E-state index contributed by atoms with van der Waals surface area (Å²) in [5.74, 6) is 1.04. The van der Waals surface area contributed by atoms with E-state index in [0.717, 1.165) is 31.7 Å². The fourth-order valence-corrected chi connectivity index (χ4v) is 4.07. The summed E-state index contributed by atoms with van der Waals surface area (Å²) in [4.78, 5) is 19.1. The fraction of sp³-hybridized carbons (Fsp3) is 0.273. The molecule has 2 aromatic carbocycles. The van der Waals surface area contributed by atoms with Gasteiger partial charge in [0.25, 0.3) is 5.91 Å². The summed E-state index contributed by atoms with van der Waals surface area (Å²) in [5.41, 5.74) is 3.79. The van der Waals surface area contributed by atoms with Crippen LogP contribution in [0.25, 0.3) is 0 Å². The molecule has 150 valence electrons. The third-order valence-electron chi connectivity index (χ3n) is 4.80. The van der Waals surface area contributed by atoms with Crippen LogP contribution < -0.4 is 14.8 Å². The fourth-order valence-electron chi connectivity index (χ4n) is 3.35. The second-order valence-corrected chi connectivity index (χ2v) is 7.75. The number of nitrogens with zero attached hydrogens (tertiary/aromatic N) is 2. The van der Waals surface area contributed by atoms with Crippen molar-refractivity contribution >= 4 is 22.4 Å². The molecule has 0 atom stereocenters. The summed E-state index contributed by atoms with van der Waals surface area (Å²) in [7, 11) is 1.59. The third kappa shape index (κ3) is 5.13. The Balaban J connectivity index is 1.27. The van der Waals surface area contributed by atoms with E-state index in [1.165, 1.54) is 22.5 Å². The molecule has 0 aliphatic carbocycles. The number of aromatic nitrogens is 1. The van der Waals surface area contributed by atoms with Crippen molar-refractivity contribution in [2.24, 2.45) is 0 Å². The summed E-state index contributed by atoms with van der Waals surface area (Å²) in [6.07, 6.45) is 1.06. The molecular formula is C22H23N3O3S. The Bertz CT molecular complexity index is 989. The van der Waals surface area contributed by atoms with Gasteiger partial charge in [0.15, 0.2) is 11.7 Å². The van der Waals surface area contributed by atoms with Crippen LogP contribution in [0.15, 0.2) is 53.9 Å². The maximum atomic E-state index is 12.2. The molecule has 1 aliphatic rings. The molecule has 0 spiro atoms. The van der Waals surface area contributed by atoms with E-state index in [4.69, 9.17) is 9.47 Å². The van der Waals surface area contributed by atoms with Gasteiger partial charge in [0.05, 0.1) is 12.8 Å². The largest absolute Gasteiger partial charge is 0.497 e. The van der Waals surface area contributed by atoms with E-state index in [0.29, 0.717) is 16.6 Å². The lowest BCUT2D eigenvalue weighted by Crippen LogP contribution is -2.30. The van der Waals surface area contributed by atoms with Crippen LogP contribution in [-0.2, 0) is 24.3 Å². The summed E-state index contributed by atoms with van der Waals surface area (Å²) in [6.45, 7) is 2.65. The number of thiazole rings is 1. The molecule has 0 saturated carbocycles. The van der Waals surface area contributed by atoms with Crippen LogP contribution in [0.1, 0.15) is 16.8 Å². The van der Waals surface area contributed by atoms with Crippen molar-refractivity contribution in [2.75, 3.05) is 25.6 Å². The van der Waals surface area contributed by atoms with E-state index >= 15 is 0 Å². The second kappa shape index (κ2) is 9.07. The van der Waals surface area contributed by atoms with Crippen molar-refractivity contribution < 1.29 is 14.3 Å². The number of nitrogens with one attached hydrogen (secondary N) is 1. The number of carbonyl (C=O) groups is 1. The van der Waals surface area contributed by atoms with E-state index < -0.39 is 0 Å². The zero-order valence-corrected chi connectivity index (χ0v) is 17.1. The summed E-state index contributed by atoms with van der Waals surface area (Å²) in [6, 6.07) is 15.8. The molecule has 0 radical (unpaired) electrons. The van der Waals surface area contributed by atoms with Crippen LogP contribution in [0.3, 0.4) is 0 Å². The Morgan fingerprint density at radius 1 is 1.17 bits per heavy atom. The number of anilines is 1. The van der Waals surface area contributed by atoms with Crippen molar-refractivity contribution in [1.29, 1.82) is 0 Å². The van der Waals surface area contributed by atoms with Crippen LogP contribution in [-0.4, -0.2) is 36.1 Å². The first-order valence-corrected chi connectivity index (χ1v) is 10.4. The Morgan fingerprint density at radius 2 is 2.00 bits per heavy atom. The normalized spacial score (nSPS) is 13.6. The van der Waals surface area contributed by atoms with Crippen molar-refractivity contribution in [3.05, 3.63) is 70.7 Å². The van der Waals surface area contributed by atoms with Crippen LogP contribution in [0.2, 0.25) is 0 Å². The lowest BCUT2D eigenvalue weighted by molar-refractivity contribution is -0.118. The van der Waals surface area contributed by atoms with Crippen molar-refractivity contribution in [1.82, 2.24) is 9.88 Å². The van der Waals surface area contributed by atoms with Gasteiger partial charge >= 0.3 is 0 Å². The first kappa shape index (κ1) is 19.4. The standard InChI is InChI=1S/C22H23N3O3S/c1-27-19-7-4-8-20(11-19)28-14-21(26)24-22-23-18(15-29-22)13-25-10-9-16-5-2-3-6-17(16)12-25/h2-8,11,15H,9-10,12-14H2,1H3,(H,23,24,26). The summed E-state index contributed by atoms with van der Waals surface area (Å²) >= 11 is 1.43. The molecule has 4 rings (SSSR count). The molecule has 0 unspecified atom stereocenters. The van der Waals surface area contributed by atoms with E-state index in [-0.39, 0.29) is 12.5 Å². The Morgan fingerprint density at radius 3 is 2.86 bits per heavy atom. The minimum Gasteiger partial charge on any atom is -0.497 e. The average Bonchev–Trinajstić information content (AvgIpc) is 3.19. The SMILES string of the molecule is COc1cccc(OCC(=O)Nc2nc(CN3CCc4ccccc4C3)cs2)c1. The highest BCUT2D eigenvalue weighted by Crippen LogP contribution is 2.22.